The van der Waals surface area contributed by atoms with Gasteiger partial charge in [-0.25, -0.2) is 0 Å². The maximum absolute atomic E-state index is 12.4. The molecule has 0 radical (unpaired) electrons. The minimum atomic E-state index is -1.26. The van der Waals surface area contributed by atoms with Gasteiger partial charge in [-0.15, -0.1) is 0 Å². The van der Waals surface area contributed by atoms with Crippen molar-refractivity contribution in [3.05, 3.63) is 64.4 Å². The van der Waals surface area contributed by atoms with Gasteiger partial charge in [0.1, 0.15) is 5.69 Å². The molecule has 2 heterocycles. The second-order valence-electron chi connectivity index (χ2n) is 7.90. The molecular formula is C24H26Cl4N4O3. The zero-order chi connectivity index (χ0) is 26.1. The number of amides is 1. The topological polar surface area (TPSA) is 102 Å². The Morgan fingerprint density at radius 1 is 1.09 bits per heavy atom. The van der Waals surface area contributed by atoms with Gasteiger partial charge < -0.3 is 15.2 Å². The number of benzene rings is 1. The van der Waals surface area contributed by atoms with Crippen molar-refractivity contribution in [1.82, 2.24) is 10.1 Å². The van der Waals surface area contributed by atoms with Crippen LogP contribution in [0.4, 0.5) is 5.69 Å². The molecule has 3 aromatic rings. The van der Waals surface area contributed by atoms with Gasteiger partial charge in [0.15, 0.2) is 16.4 Å². The highest BCUT2D eigenvalue weighted by atomic mass is 35.5. The number of aromatic nitrogens is 2. The molecule has 0 aliphatic carbocycles. The molecule has 7 nitrogen and oxygen atoms in total. The fraction of sp³-hybridized carbons (Fsp3) is 0.333. The molecule has 35 heavy (non-hydrogen) atoms. The average molecular weight is 560 g/mol. The van der Waals surface area contributed by atoms with Gasteiger partial charge in [0, 0.05) is 41.0 Å². The monoisotopic (exact) mass is 558 g/mol. The molecular weight excluding hydrogens is 534 g/mol. The number of hydrogen-bond donors (Lipinski definition) is 1. The van der Waals surface area contributed by atoms with Gasteiger partial charge in [-0.05, 0) is 42.7 Å². The summed E-state index contributed by atoms with van der Waals surface area (Å²) in [4.78, 5) is 28.9. The summed E-state index contributed by atoms with van der Waals surface area (Å²) in [7, 11) is 0. The van der Waals surface area contributed by atoms with Crippen molar-refractivity contribution in [2.24, 2.45) is 11.7 Å². The number of halogens is 4. The van der Waals surface area contributed by atoms with Crippen LogP contribution in [0.15, 0.2) is 53.3 Å². The third-order valence-corrected chi connectivity index (χ3v) is 6.26. The number of hydrogen-bond acceptors (Lipinski definition) is 6. The van der Waals surface area contributed by atoms with Crippen molar-refractivity contribution in [3.63, 3.8) is 0 Å². The van der Waals surface area contributed by atoms with Crippen LogP contribution in [0, 0.1) is 12.8 Å². The van der Waals surface area contributed by atoms with Crippen LogP contribution in [0.1, 0.15) is 25.8 Å². The van der Waals surface area contributed by atoms with Crippen molar-refractivity contribution in [2.75, 3.05) is 11.4 Å². The first kappa shape index (κ1) is 29.1. The van der Waals surface area contributed by atoms with Crippen molar-refractivity contribution in [2.45, 2.75) is 38.1 Å². The highest BCUT2D eigenvalue weighted by Crippen LogP contribution is 2.25. The Bertz CT molecular complexity index is 1100. The van der Waals surface area contributed by atoms with Crippen LogP contribution in [-0.4, -0.2) is 39.3 Å². The van der Waals surface area contributed by atoms with Crippen LogP contribution in [-0.2, 0) is 9.59 Å². The molecule has 2 N–H and O–H groups in total. The fourth-order valence-corrected chi connectivity index (χ4v) is 3.53. The number of anilines is 1. The number of pyridine rings is 1. The van der Waals surface area contributed by atoms with E-state index >= 15 is 0 Å². The average Bonchev–Trinajstić information content (AvgIpc) is 3.37. The smallest absolute Gasteiger partial charge is 0.260 e. The molecule has 0 spiro atoms. The van der Waals surface area contributed by atoms with E-state index in [1.165, 1.54) is 17.3 Å². The van der Waals surface area contributed by atoms with E-state index in [2.05, 4.69) is 10.1 Å². The highest BCUT2D eigenvalue weighted by Gasteiger charge is 2.25. The number of carbonyl (C=O) groups excluding carboxylic acids is 2. The van der Waals surface area contributed by atoms with Crippen LogP contribution in [0.3, 0.4) is 0 Å². The maximum atomic E-state index is 12.4. The third-order valence-electron chi connectivity index (χ3n) is 5.07. The summed E-state index contributed by atoms with van der Waals surface area (Å²) in [5.74, 6) is -0.207. The molecule has 0 aliphatic heterocycles. The third kappa shape index (κ3) is 8.47. The zero-order valence-electron chi connectivity index (χ0n) is 19.4. The van der Waals surface area contributed by atoms with E-state index < -0.39 is 16.8 Å². The Hall–Kier alpha value is -2.16. The Morgan fingerprint density at radius 2 is 1.74 bits per heavy atom. The number of ketones is 1. The van der Waals surface area contributed by atoms with Gasteiger partial charge in [-0.1, -0.05) is 71.5 Å². The number of alkyl halides is 2. The second-order valence-corrected chi connectivity index (χ2v) is 9.81. The lowest BCUT2D eigenvalue weighted by Crippen LogP contribution is -2.40. The van der Waals surface area contributed by atoms with Crippen LogP contribution in [0.25, 0.3) is 11.5 Å². The van der Waals surface area contributed by atoms with Crippen LogP contribution >= 0.6 is 46.4 Å². The number of Topliss-reactive ketones (excluding diaryl/α,β-unsaturated/α-hetero) is 1. The Morgan fingerprint density at radius 3 is 2.26 bits per heavy atom. The lowest BCUT2D eigenvalue weighted by molar-refractivity contribution is -0.121. The maximum Gasteiger partial charge on any atom is 0.260 e. The van der Waals surface area contributed by atoms with E-state index in [0.29, 0.717) is 17.1 Å². The molecule has 0 aliphatic rings. The Balaban J connectivity index is 0.000000402. The lowest BCUT2D eigenvalue weighted by Gasteiger charge is -2.24. The molecule has 3 rings (SSSR count). The van der Waals surface area contributed by atoms with E-state index in [0.717, 1.165) is 15.6 Å². The minimum Gasteiger partial charge on any atom is -0.355 e. The lowest BCUT2D eigenvalue weighted by atomic mass is 9.99. The molecule has 0 saturated heterocycles. The number of nitrogens with two attached hydrogens (primary N) is 1. The van der Waals surface area contributed by atoms with Gasteiger partial charge in [-0.2, -0.15) is 0 Å². The van der Waals surface area contributed by atoms with E-state index in [4.69, 9.17) is 56.7 Å². The molecule has 0 unspecified atom stereocenters. The van der Waals surface area contributed by atoms with Gasteiger partial charge in [0.2, 0.25) is 0 Å². The van der Waals surface area contributed by atoms with Gasteiger partial charge >= 0.3 is 0 Å². The number of rotatable bonds is 8. The summed E-state index contributed by atoms with van der Waals surface area (Å²) in [6, 6.07) is 9.80. The van der Waals surface area contributed by atoms with E-state index in [1.807, 2.05) is 39.0 Å². The molecule has 188 valence electrons. The Labute approximate surface area is 224 Å². The summed E-state index contributed by atoms with van der Waals surface area (Å²) in [5.41, 5.74) is 7.80. The van der Waals surface area contributed by atoms with Crippen molar-refractivity contribution in [3.8, 4) is 11.5 Å². The first-order valence-corrected chi connectivity index (χ1v) is 12.3. The standard InChI is InChI=1S/C17H20Cl2N4O3.C7H6Cl2/c1-10(2)15(20)13(24)5-8-23(17(25)16(18)19)11-3-6-21-12(9-11)14-4-7-22-26-14;1-5-6(8)3-2-4-7(5)9/h3-4,6-7,9-10,15-16H,5,8,20H2,1-2H3;2-4H,1H3/t15-;/m1./s1. The molecule has 11 heteroatoms. The van der Waals surface area contributed by atoms with Crippen molar-refractivity contribution >= 4 is 63.8 Å². The van der Waals surface area contributed by atoms with Gasteiger partial charge in [0.05, 0.1) is 12.2 Å². The largest absolute Gasteiger partial charge is 0.355 e. The number of nitrogens with zero attached hydrogens (tertiary/aromatic N) is 3. The van der Waals surface area contributed by atoms with Crippen LogP contribution < -0.4 is 10.6 Å². The zero-order valence-corrected chi connectivity index (χ0v) is 22.4. The highest BCUT2D eigenvalue weighted by molar-refractivity contribution is 6.54. The van der Waals surface area contributed by atoms with E-state index in [-0.39, 0.29) is 24.7 Å². The fourth-order valence-electron chi connectivity index (χ4n) is 2.90. The summed E-state index contributed by atoms with van der Waals surface area (Å²) in [5, 5.41) is 5.08. The molecule has 0 bridgehead atoms. The molecule has 1 amide bonds. The molecule has 1 atom stereocenters. The van der Waals surface area contributed by atoms with E-state index in [9.17, 15) is 9.59 Å². The normalized spacial score (nSPS) is 11.7. The summed E-state index contributed by atoms with van der Waals surface area (Å²) >= 11 is 23.0. The summed E-state index contributed by atoms with van der Waals surface area (Å²) in [6.07, 6.45) is 3.10. The first-order chi connectivity index (χ1) is 16.5. The Kier molecular flexibility index (Phi) is 11.5. The molecule has 1 aromatic carbocycles. The number of carbonyl (C=O) groups is 2. The molecule has 0 saturated carbocycles. The van der Waals surface area contributed by atoms with Gasteiger partial charge in [0.25, 0.3) is 5.91 Å². The molecule has 0 fully saturated rings. The summed E-state index contributed by atoms with van der Waals surface area (Å²) in [6.45, 7) is 5.73. The van der Waals surface area contributed by atoms with Crippen molar-refractivity contribution < 1.29 is 14.1 Å². The SMILES string of the molecule is CC(C)[C@@H](N)C(=O)CCN(C(=O)C(Cl)Cl)c1ccnc(-c2ccno2)c1.Cc1c(Cl)cccc1Cl. The van der Waals surface area contributed by atoms with Crippen LogP contribution in [0.2, 0.25) is 10.0 Å². The predicted molar refractivity (Wildman–Crippen MR) is 141 cm³/mol. The predicted octanol–water partition coefficient (Wildman–Crippen LogP) is 6.12. The minimum absolute atomic E-state index is 0.0134. The van der Waals surface area contributed by atoms with Crippen molar-refractivity contribution in [1.29, 1.82) is 0 Å². The summed E-state index contributed by atoms with van der Waals surface area (Å²) < 4.78 is 5.08. The second kappa shape index (κ2) is 13.8. The quantitative estimate of drug-likeness (QED) is 0.334. The van der Waals surface area contributed by atoms with Gasteiger partial charge in [-0.3, -0.25) is 14.6 Å². The van der Waals surface area contributed by atoms with Crippen LogP contribution in [0.5, 0.6) is 0 Å². The first-order valence-electron chi connectivity index (χ1n) is 10.7. The molecule has 2 aromatic heterocycles. The van der Waals surface area contributed by atoms with E-state index in [1.54, 1.807) is 18.2 Å².